The molecule has 0 amide bonds. The van der Waals surface area contributed by atoms with E-state index in [0.717, 1.165) is 18.8 Å². The molecular formula is C11H16N2O. The molecule has 0 atom stereocenters. The summed E-state index contributed by atoms with van der Waals surface area (Å²) >= 11 is 0. The Kier molecular flexibility index (Phi) is 2.05. The van der Waals surface area contributed by atoms with Crippen LogP contribution in [0, 0.1) is 0 Å². The Hall–Kier alpha value is -0.830. The van der Waals surface area contributed by atoms with Crippen LogP contribution in [0.15, 0.2) is 10.6 Å². The van der Waals surface area contributed by atoms with Gasteiger partial charge in [0.15, 0.2) is 0 Å². The number of hydrogen-bond acceptors (Lipinski definition) is 3. The molecule has 2 aliphatic rings. The van der Waals surface area contributed by atoms with Gasteiger partial charge in [-0.05, 0) is 38.8 Å². The van der Waals surface area contributed by atoms with E-state index in [1.165, 1.54) is 31.4 Å². The second-order valence-corrected chi connectivity index (χ2v) is 4.45. The van der Waals surface area contributed by atoms with E-state index in [9.17, 15) is 0 Å². The van der Waals surface area contributed by atoms with Crippen LogP contribution in [-0.2, 0) is 0 Å². The molecule has 2 heterocycles. The van der Waals surface area contributed by atoms with Crippen LogP contribution in [0.1, 0.15) is 49.0 Å². The zero-order valence-electron chi connectivity index (χ0n) is 8.33. The SMILES string of the molecule is c1c(C2CC2)noc1C1CCNCC1. The summed E-state index contributed by atoms with van der Waals surface area (Å²) in [6.07, 6.45) is 5.00. The van der Waals surface area contributed by atoms with E-state index in [0.29, 0.717) is 11.8 Å². The van der Waals surface area contributed by atoms with Gasteiger partial charge in [0.2, 0.25) is 0 Å². The van der Waals surface area contributed by atoms with Crippen LogP contribution in [0.25, 0.3) is 0 Å². The van der Waals surface area contributed by atoms with Crippen molar-refractivity contribution in [3.63, 3.8) is 0 Å². The summed E-state index contributed by atoms with van der Waals surface area (Å²) in [5, 5.41) is 7.52. The summed E-state index contributed by atoms with van der Waals surface area (Å²) in [7, 11) is 0. The first kappa shape index (κ1) is 8.48. The van der Waals surface area contributed by atoms with Crippen molar-refractivity contribution in [3.05, 3.63) is 17.5 Å². The molecule has 0 bridgehead atoms. The maximum absolute atomic E-state index is 5.43. The van der Waals surface area contributed by atoms with E-state index < -0.39 is 0 Å². The fourth-order valence-electron chi connectivity index (χ4n) is 2.17. The van der Waals surface area contributed by atoms with Gasteiger partial charge in [0.05, 0.1) is 5.69 Å². The summed E-state index contributed by atoms with van der Waals surface area (Å²) in [5.74, 6) is 2.44. The Balaban J connectivity index is 1.74. The summed E-state index contributed by atoms with van der Waals surface area (Å²) in [6.45, 7) is 2.23. The molecule has 3 heteroatoms. The third-order valence-electron chi connectivity index (χ3n) is 3.28. The first-order chi connectivity index (χ1) is 6.93. The van der Waals surface area contributed by atoms with Gasteiger partial charge in [-0.2, -0.15) is 0 Å². The van der Waals surface area contributed by atoms with Crippen LogP contribution < -0.4 is 5.32 Å². The topological polar surface area (TPSA) is 38.1 Å². The van der Waals surface area contributed by atoms with Crippen LogP contribution in [0.3, 0.4) is 0 Å². The van der Waals surface area contributed by atoms with Crippen molar-refractivity contribution in [2.24, 2.45) is 0 Å². The number of hydrogen-bond donors (Lipinski definition) is 1. The Labute approximate surface area is 83.9 Å². The molecule has 1 saturated carbocycles. The Morgan fingerprint density at radius 2 is 1.93 bits per heavy atom. The van der Waals surface area contributed by atoms with E-state index in [-0.39, 0.29) is 0 Å². The average Bonchev–Trinajstić information content (AvgIpc) is 2.98. The molecule has 3 nitrogen and oxygen atoms in total. The molecule has 0 aromatic carbocycles. The number of aromatic nitrogens is 1. The third-order valence-corrected chi connectivity index (χ3v) is 3.28. The smallest absolute Gasteiger partial charge is 0.140 e. The highest BCUT2D eigenvalue weighted by atomic mass is 16.5. The number of rotatable bonds is 2. The molecule has 0 spiro atoms. The third kappa shape index (κ3) is 1.57. The van der Waals surface area contributed by atoms with Gasteiger partial charge >= 0.3 is 0 Å². The Morgan fingerprint density at radius 1 is 1.14 bits per heavy atom. The number of piperidine rings is 1. The molecule has 0 unspecified atom stereocenters. The molecule has 1 N–H and O–H groups in total. The van der Waals surface area contributed by atoms with Gasteiger partial charge < -0.3 is 9.84 Å². The fourth-order valence-corrected chi connectivity index (χ4v) is 2.17. The van der Waals surface area contributed by atoms with Gasteiger partial charge in [0, 0.05) is 17.9 Å². The predicted molar refractivity (Wildman–Crippen MR) is 53.3 cm³/mol. The number of nitrogens with one attached hydrogen (secondary N) is 1. The van der Waals surface area contributed by atoms with E-state index in [1.54, 1.807) is 0 Å². The van der Waals surface area contributed by atoms with Gasteiger partial charge in [0.1, 0.15) is 5.76 Å². The lowest BCUT2D eigenvalue weighted by Crippen LogP contribution is -2.26. The first-order valence-electron chi connectivity index (χ1n) is 5.61. The lowest BCUT2D eigenvalue weighted by molar-refractivity contribution is 0.325. The van der Waals surface area contributed by atoms with Crippen LogP contribution in [-0.4, -0.2) is 18.2 Å². The normalized spacial score (nSPS) is 24.0. The Morgan fingerprint density at radius 3 is 2.64 bits per heavy atom. The van der Waals surface area contributed by atoms with Gasteiger partial charge in [-0.1, -0.05) is 5.16 Å². The minimum Gasteiger partial charge on any atom is -0.361 e. The van der Waals surface area contributed by atoms with Crippen molar-refractivity contribution < 1.29 is 4.52 Å². The highest BCUT2D eigenvalue weighted by Crippen LogP contribution is 2.40. The molecule has 1 aromatic heterocycles. The standard InChI is InChI=1S/C11H16N2O/c1-2-8(1)10-7-11(14-13-10)9-3-5-12-6-4-9/h7-9,12H,1-6H2. The summed E-state index contributed by atoms with van der Waals surface area (Å²) in [4.78, 5) is 0. The first-order valence-corrected chi connectivity index (χ1v) is 5.61. The van der Waals surface area contributed by atoms with Gasteiger partial charge in [-0.25, -0.2) is 0 Å². The second-order valence-electron chi connectivity index (χ2n) is 4.45. The lowest BCUT2D eigenvalue weighted by Gasteiger charge is -2.19. The fraction of sp³-hybridized carbons (Fsp3) is 0.727. The van der Waals surface area contributed by atoms with Crippen LogP contribution in [0.4, 0.5) is 0 Å². The van der Waals surface area contributed by atoms with Crippen molar-refractivity contribution in [3.8, 4) is 0 Å². The molecule has 76 valence electrons. The van der Waals surface area contributed by atoms with Gasteiger partial charge in [-0.15, -0.1) is 0 Å². The van der Waals surface area contributed by atoms with Gasteiger partial charge in [-0.3, -0.25) is 0 Å². The molecule has 1 saturated heterocycles. The van der Waals surface area contributed by atoms with Crippen LogP contribution in [0.5, 0.6) is 0 Å². The average molecular weight is 192 g/mol. The van der Waals surface area contributed by atoms with Crippen LogP contribution in [0.2, 0.25) is 0 Å². The largest absolute Gasteiger partial charge is 0.361 e. The van der Waals surface area contributed by atoms with Crippen molar-refractivity contribution in [2.45, 2.75) is 37.5 Å². The highest BCUT2D eigenvalue weighted by Gasteiger charge is 2.28. The molecular weight excluding hydrogens is 176 g/mol. The summed E-state index contributed by atoms with van der Waals surface area (Å²) in [5.41, 5.74) is 1.19. The minimum absolute atomic E-state index is 0.608. The predicted octanol–water partition coefficient (Wildman–Crippen LogP) is 2.02. The zero-order chi connectivity index (χ0) is 9.38. The molecule has 3 rings (SSSR count). The minimum atomic E-state index is 0.608. The zero-order valence-corrected chi connectivity index (χ0v) is 8.33. The maximum Gasteiger partial charge on any atom is 0.140 e. The second kappa shape index (κ2) is 3.39. The van der Waals surface area contributed by atoms with E-state index in [2.05, 4.69) is 16.5 Å². The lowest BCUT2D eigenvalue weighted by atomic mass is 9.95. The van der Waals surface area contributed by atoms with Gasteiger partial charge in [0.25, 0.3) is 0 Å². The van der Waals surface area contributed by atoms with E-state index in [4.69, 9.17) is 4.52 Å². The monoisotopic (exact) mass is 192 g/mol. The quantitative estimate of drug-likeness (QED) is 0.779. The van der Waals surface area contributed by atoms with Crippen molar-refractivity contribution in [2.75, 3.05) is 13.1 Å². The Bertz CT molecular complexity index is 311. The molecule has 1 aliphatic heterocycles. The van der Waals surface area contributed by atoms with E-state index >= 15 is 0 Å². The van der Waals surface area contributed by atoms with Crippen molar-refractivity contribution in [1.82, 2.24) is 10.5 Å². The van der Waals surface area contributed by atoms with Crippen molar-refractivity contribution >= 4 is 0 Å². The number of nitrogens with zero attached hydrogens (tertiary/aromatic N) is 1. The van der Waals surface area contributed by atoms with Crippen molar-refractivity contribution in [1.29, 1.82) is 0 Å². The molecule has 14 heavy (non-hydrogen) atoms. The molecule has 2 fully saturated rings. The summed E-state index contributed by atoms with van der Waals surface area (Å²) in [6, 6.07) is 2.19. The maximum atomic E-state index is 5.43. The summed E-state index contributed by atoms with van der Waals surface area (Å²) < 4.78 is 5.43. The molecule has 0 radical (unpaired) electrons. The van der Waals surface area contributed by atoms with E-state index in [1.807, 2.05) is 0 Å². The van der Waals surface area contributed by atoms with Crippen LogP contribution >= 0.6 is 0 Å². The molecule has 1 aliphatic carbocycles. The highest BCUT2D eigenvalue weighted by molar-refractivity contribution is 5.18. The molecule has 1 aromatic rings.